The first kappa shape index (κ1) is 24.3. The molecule has 2 N–H and O–H groups in total. The van der Waals surface area contributed by atoms with Crippen molar-refractivity contribution >= 4 is 41.3 Å². The molecule has 10 heteroatoms. The van der Waals surface area contributed by atoms with E-state index in [1.807, 2.05) is 19.2 Å². The van der Waals surface area contributed by atoms with E-state index in [2.05, 4.69) is 25.3 Å². The van der Waals surface area contributed by atoms with Gasteiger partial charge in [0.15, 0.2) is 5.96 Å². The van der Waals surface area contributed by atoms with Crippen LogP contribution in [0.3, 0.4) is 0 Å². The Morgan fingerprint density at radius 2 is 2.11 bits per heavy atom. The number of hydrogen-bond acceptors (Lipinski definition) is 5. The van der Waals surface area contributed by atoms with Gasteiger partial charge in [-0.05, 0) is 26.0 Å². The number of nitrogens with zero attached hydrogens (tertiary/aromatic N) is 2. The van der Waals surface area contributed by atoms with Crippen molar-refractivity contribution in [3.05, 3.63) is 39.8 Å². The van der Waals surface area contributed by atoms with E-state index >= 15 is 0 Å². The average Bonchev–Trinajstić information content (AvgIpc) is 3.05. The normalized spacial score (nSPS) is 11.1. The molecule has 0 fully saturated rings. The van der Waals surface area contributed by atoms with Gasteiger partial charge in [-0.3, -0.25) is 0 Å². The number of benzene rings is 1. The van der Waals surface area contributed by atoms with Crippen molar-refractivity contribution in [2.75, 3.05) is 20.2 Å². The molecule has 1 heterocycles. The Morgan fingerprint density at radius 3 is 2.71 bits per heavy atom. The average molecular weight is 526 g/mol. The number of methoxy groups -OCH3 is 1. The topological polar surface area (TPSA) is 67.8 Å². The second-order valence-corrected chi connectivity index (χ2v) is 6.64. The number of alkyl halides is 2. The number of thiazole rings is 1. The zero-order valence-electron chi connectivity index (χ0n) is 16.0. The van der Waals surface area contributed by atoms with E-state index in [1.165, 1.54) is 13.2 Å². The predicted octanol–water partition coefficient (Wildman–Crippen LogP) is 3.98. The van der Waals surface area contributed by atoms with Crippen LogP contribution in [0.2, 0.25) is 0 Å². The van der Waals surface area contributed by atoms with Crippen molar-refractivity contribution < 1.29 is 18.3 Å². The molecule has 0 radical (unpaired) electrons. The van der Waals surface area contributed by atoms with Crippen molar-refractivity contribution in [3.8, 4) is 11.5 Å². The number of aromatic nitrogens is 1. The molecule has 0 spiro atoms. The Hall–Kier alpha value is -1.69. The van der Waals surface area contributed by atoms with Gasteiger partial charge >= 0.3 is 6.61 Å². The van der Waals surface area contributed by atoms with Crippen LogP contribution in [0.5, 0.6) is 11.5 Å². The number of nitrogens with one attached hydrogen (secondary N) is 2. The van der Waals surface area contributed by atoms with Crippen LogP contribution >= 0.6 is 35.3 Å². The first-order valence-electron chi connectivity index (χ1n) is 8.56. The fourth-order valence-electron chi connectivity index (χ4n) is 2.34. The first-order chi connectivity index (χ1) is 13.0. The van der Waals surface area contributed by atoms with Crippen LogP contribution in [-0.4, -0.2) is 37.8 Å². The molecule has 1 aromatic carbocycles. The van der Waals surface area contributed by atoms with Crippen LogP contribution in [0.25, 0.3) is 0 Å². The van der Waals surface area contributed by atoms with Crippen molar-refractivity contribution in [3.63, 3.8) is 0 Å². The zero-order valence-corrected chi connectivity index (χ0v) is 19.1. The van der Waals surface area contributed by atoms with E-state index in [1.54, 1.807) is 23.5 Å². The number of aliphatic imine (C=N–C) groups is 1. The van der Waals surface area contributed by atoms with Gasteiger partial charge in [-0.1, -0.05) is 0 Å². The maximum atomic E-state index is 12.7. The molecule has 0 aliphatic heterocycles. The van der Waals surface area contributed by atoms with E-state index in [-0.39, 0.29) is 36.3 Å². The van der Waals surface area contributed by atoms with Crippen molar-refractivity contribution in [1.29, 1.82) is 0 Å². The summed E-state index contributed by atoms with van der Waals surface area (Å²) < 4.78 is 35.0. The van der Waals surface area contributed by atoms with Gasteiger partial charge in [0, 0.05) is 36.5 Å². The standard InChI is InChI=1S/C18H24F2N4O2S.HI/c1-4-21-18(22-8-7-14-11-27-12(2)24-14)23-10-13-5-6-15(25-3)9-16(13)26-17(19)20;/h5-6,9,11,17H,4,7-8,10H2,1-3H3,(H2,21,22,23);1H. The third kappa shape index (κ3) is 8.13. The van der Waals surface area contributed by atoms with Crippen LogP contribution in [-0.2, 0) is 13.0 Å². The molecular formula is C18H25F2IN4O2S. The van der Waals surface area contributed by atoms with Gasteiger partial charge in [0.05, 0.1) is 24.4 Å². The number of rotatable bonds is 9. The lowest BCUT2D eigenvalue weighted by molar-refractivity contribution is -0.0505. The molecule has 0 unspecified atom stereocenters. The second kappa shape index (κ2) is 12.7. The molecule has 0 aliphatic carbocycles. The summed E-state index contributed by atoms with van der Waals surface area (Å²) in [4.78, 5) is 8.88. The van der Waals surface area contributed by atoms with Gasteiger partial charge in [-0.2, -0.15) is 8.78 Å². The monoisotopic (exact) mass is 526 g/mol. The molecule has 0 aliphatic rings. The molecule has 0 atom stereocenters. The van der Waals surface area contributed by atoms with Crippen molar-refractivity contribution in [1.82, 2.24) is 15.6 Å². The van der Waals surface area contributed by atoms with E-state index in [0.717, 1.165) is 17.1 Å². The Bertz CT molecular complexity index is 759. The molecule has 0 bridgehead atoms. The van der Waals surface area contributed by atoms with E-state index < -0.39 is 6.61 Å². The van der Waals surface area contributed by atoms with Crippen LogP contribution in [0.15, 0.2) is 28.6 Å². The number of aryl methyl sites for hydroxylation is 1. The molecule has 156 valence electrons. The summed E-state index contributed by atoms with van der Waals surface area (Å²) in [5.74, 6) is 1.10. The number of guanidine groups is 1. The third-order valence-electron chi connectivity index (χ3n) is 3.58. The van der Waals surface area contributed by atoms with Gasteiger partial charge in [0.1, 0.15) is 11.5 Å². The third-order valence-corrected chi connectivity index (χ3v) is 4.40. The van der Waals surface area contributed by atoms with Gasteiger partial charge in [-0.25, -0.2) is 9.98 Å². The highest BCUT2D eigenvalue weighted by Gasteiger charge is 2.11. The lowest BCUT2D eigenvalue weighted by Gasteiger charge is -2.13. The Balaban J connectivity index is 0.00000392. The van der Waals surface area contributed by atoms with E-state index in [0.29, 0.717) is 30.4 Å². The Labute approximate surface area is 184 Å². The summed E-state index contributed by atoms with van der Waals surface area (Å²) >= 11 is 1.62. The summed E-state index contributed by atoms with van der Waals surface area (Å²) in [5.41, 5.74) is 1.58. The Morgan fingerprint density at radius 1 is 1.32 bits per heavy atom. The second-order valence-electron chi connectivity index (χ2n) is 5.58. The predicted molar refractivity (Wildman–Crippen MR) is 118 cm³/mol. The lowest BCUT2D eigenvalue weighted by Crippen LogP contribution is -2.38. The molecule has 2 aromatic rings. The summed E-state index contributed by atoms with van der Waals surface area (Å²) in [6.45, 7) is 2.56. The van der Waals surface area contributed by atoms with Crippen molar-refractivity contribution in [2.45, 2.75) is 33.4 Å². The molecule has 2 rings (SSSR count). The minimum Gasteiger partial charge on any atom is -0.497 e. The van der Waals surface area contributed by atoms with Gasteiger partial charge in [-0.15, -0.1) is 35.3 Å². The summed E-state index contributed by atoms with van der Waals surface area (Å²) in [6.07, 6.45) is 0.775. The van der Waals surface area contributed by atoms with Crippen LogP contribution in [0.1, 0.15) is 23.2 Å². The molecule has 6 nitrogen and oxygen atoms in total. The van der Waals surface area contributed by atoms with Crippen LogP contribution in [0.4, 0.5) is 8.78 Å². The summed E-state index contributed by atoms with van der Waals surface area (Å²) in [7, 11) is 1.47. The fourth-order valence-corrected chi connectivity index (χ4v) is 2.98. The molecule has 28 heavy (non-hydrogen) atoms. The lowest BCUT2D eigenvalue weighted by atomic mass is 10.2. The minimum atomic E-state index is -2.91. The maximum Gasteiger partial charge on any atom is 0.387 e. The Kier molecular flexibility index (Phi) is 11.0. The highest BCUT2D eigenvalue weighted by Crippen LogP contribution is 2.27. The smallest absolute Gasteiger partial charge is 0.387 e. The van der Waals surface area contributed by atoms with E-state index in [9.17, 15) is 8.78 Å². The van der Waals surface area contributed by atoms with Crippen LogP contribution in [0, 0.1) is 6.92 Å². The molecule has 0 saturated heterocycles. The number of halogens is 3. The summed E-state index contributed by atoms with van der Waals surface area (Å²) in [6, 6.07) is 4.79. The molecular weight excluding hydrogens is 501 g/mol. The zero-order chi connectivity index (χ0) is 19.6. The molecule has 1 aromatic heterocycles. The SMILES string of the molecule is CCNC(=NCc1ccc(OC)cc1OC(F)F)NCCc1csc(C)n1.I. The highest BCUT2D eigenvalue weighted by molar-refractivity contribution is 14.0. The summed E-state index contributed by atoms with van der Waals surface area (Å²) in [5, 5.41) is 9.43. The van der Waals surface area contributed by atoms with Gasteiger partial charge in [0.25, 0.3) is 0 Å². The minimum absolute atomic E-state index is 0. The number of hydrogen-bond donors (Lipinski definition) is 2. The highest BCUT2D eigenvalue weighted by atomic mass is 127. The fraction of sp³-hybridized carbons (Fsp3) is 0.444. The molecule has 0 amide bonds. The van der Waals surface area contributed by atoms with Crippen molar-refractivity contribution in [2.24, 2.45) is 4.99 Å². The largest absolute Gasteiger partial charge is 0.497 e. The first-order valence-corrected chi connectivity index (χ1v) is 9.44. The van der Waals surface area contributed by atoms with Gasteiger partial charge < -0.3 is 20.1 Å². The quantitative estimate of drug-likeness (QED) is 0.294. The number of ether oxygens (including phenoxy) is 2. The van der Waals surface area contributed by atoms with E-state index in [4.69, 9.17) is 4.74 Å². The molecule has 0 saturated carbocycles. The maximum absolute atomic E-state index is 12.7. The van der Waals surface area contributed by atoms with Gasteiger partial charge in [0.2, 0.25) is 0 Å². The van der Waals surface area contributed by atoms with Crippen LogP contribution < -0.4 is 20.1 Å².